The zero-order valence-electron chi connectivity index (χ0n) is 24.8. The SMILES string of the molecule is COc1ccccc1-c1ccc(C(=O)N[C@H](C(=O)O)C(C)OC(C)(C)C)c(NC(=O)Nc2c(C)cc(C)cc2C)c1. The number of hydrogen-bond donors (Lipinski definition) is 4. The summed E-state index contributed by atoms with van der Waals surface area (Å²) in [5.41, 5.74) is 4.65. The van der Waals surface area contributed by atoms with Crippen LogP contribution in [-0.4, -0.2) is 47.9 Å². The zero-order chi connectivity index (χ0) is 30.5. The number of para-hydroxylation sites is 1. The van der Waals surface area contributed by atoms with E-state index in [0.717, 1.165) is 22.3 Å². The van der Waals surface area contributed by atoms with Gasteiger partial charge in [0.05, 0.1) is 30.1 Å². The minimum absolute atomic E-state index is 0.0883. The fourth-order valence-corrected chi connectivity index (χ4v) is 4.77. The number of carboxylic acids is 1. The van der Waals surface area contributed by atoms with E-state index >= 15 is 0 Å². The van der Waals surface area contributed by atoms with E-state index in [9.17, 15) is 19.5 Å². The Kier molecular flexibility index (Phi) is 9.78. The maximum Gasteiger partial charge on any atom is 0.328 e. The first-order valence-electron chi connectivity index (χ1n) is 13.3. The Morgan fingerprint density at radius 2 is 1.54 bits per heavy atom. The van der Waals surface area contributed by atoms with E-state index in [0.29, 0.717) is 17.0 Å². The molecule has 0 aliphatic carbocycles. The molecule has 41 heavy (non-hydrogen) atoms. The fraction of sp³-hybridized carbons (Fsp3) is 0.344. The third-order valence-electron chi connectivity index (χ3n) is 6.41. The van der Waals surface area contributed by atoms with Crippen LogP contribution in [0.2, 0.25) is 0 Å². The first-order chi connectivity index (χ1) is 19.2. The highest BCUT2D eigenvalue weighted by molar-refractivity contribution is 6.08. The lowest BCUT2D eigenvalue weighted by Crippen LogP contribution is -2.50. The van der Waals surface area contributed by atoms with Crippen LogP contribution in [0, 0.1) is 20.8 Å². The number of urea groups is 1. The lowest BCUT2D eigenvalue weighted by molar-refractivity contribution is -0.146. The highest BCUT2D eigenvalue weighted by Crippen LogP contribution is 2.33. The van der Waals surface area contributed by atoms with Crippen molar-refractivity contribution in [2.45, 2.75) is 66.2 Å². The number of carbonyl (C=O) groups is 3. The van der Waals surface area contributed by atoms with Gasteiger partial charge < -0.3 is 30.5 Å². The standard InChI is InChI=1S/C32H39N3O6/c1-18-15-19(2)27(20(3)16-18)35-31(39)33-25-17-22(23-11-9-10-12-26(23)40-8)13-14-24(25)29(36)34-28(30(37)38)21(4)41-32(5,6)7/h9-17,21,28H,1-8H3,(H,34,36)(H,37,38)(H2,33,35,39)/t21?,28-/m0/s1. The van der Waals surface area contributed by atoms with Crippen molar-refractivity contribution in [2.24, 2.45) is 0 Å². The number of nitrogens with one attached hydrogen (secondary N) is 3. The number of aliphatic carboxylic acids is 1. The van der Waals surface area contributed by atoms with E-state index in [-0.39, 0.29) is 11.3 Å². The van der Waals surface area contributed by atoms with Crippen LogP contribution in [0.15, 0.2) is 54.6 Å². The Labute approximate surface area is 241 Å². The van der Waals surface area contributed by atoms with Crippen LogP contribution in [0.1, 0.15) is 54.7 Å². The number of rotatable bonds is 9. The number of anilines is 2. The number of benzene rings is 3. The molecule has 218 valence electrons. The molecule has 3 aromatic rings. The molecule has 9 nitrogen and oxygen atoms in total. The number of carboxylic acid groups (broad SMARTS) is 1. The molecule has 0 radical (unpaired) electrons. The van der Waals surface area contributed by atoms with Crippen LogP contribution in [0.25, 0.3) is 11.1 Å². The minimum Gasteiger partial charge on any atom is -0.496 e. The van der Waals surface area contributed by atoms with Crippen molar-refractivity contribution < 1.29 is 29.0 Å². The second-order valence-electron chi connectivity index (χ2n) is 11.0. The molecule has 3 rings (SSSR count). The minimum atomic E-state index is -1.32. The Morgan fingerprint density at radius 1 is 0.902 bits per heavy atom. The average Bonchev–Trinajstić information content (AvgIpc) is 2.87. The average molecular weight is 562 g/mol. The van der Waals surface area contributed by atoms with Gasteiger partial charge in [-0.15, -0.1) is 0 Å². The quantitative estimate of drug-likeness (QED) is 0.242. The lowest BCUT2D eigenvalue weighted by atomic mass is 10.0. The van der Waals surface area contributed by atoms with Gasteiger partial charge in [-0.3, -0.25) is 4.79 Å². The molecule has 0 saturated heterocycles. The van der Waals surface area contributed by atoms with E-state index in [2.05, 4.69) is 16.0 Å². The van der Waals surface area contributed by atoms with E-state index in [1.54, 1.807) is 53.0 Å². The molecule has 3 aromatic carbocycles. The van der Waals surface area contributed by atoms with Crippen LogP contribution in [-0.2, 0) is 9.53 Å². The Hall–Kier alpha value is -4.37. The van der Waals surface area contributed by atoms with Gasteiger partial charge in [0.25, 0.3) is 5.91 Å². The maximum absolute atomic E-state index is 13.5. The summed E-state index contributed by atoms with van der Waals surface area (Å²) in [6.45, 7) is 12.8. The van der Waals surface area contributed by atoms with E-state index < -0.39 is 35.7 Å². The zero-order valence-corrected chi connectivity index (χ0v) is 24.8. The second kappa shape index (κ2) is 12.9. The van der Waals surface area contributed by atoms with Crippen molar-refractivity contribution in [3.63, 3.8) is 0 Å². The maximum atomic E-state index is 13.5. The second-order valence-corrected chi connectivity index (χ2v) is 11.0. The Morgan fingerprint density at radius 3 is 2.12 bits per heavy atom. The van der Waals surface area contributed by atoms with E-state index in [1.165, 1.54) is 0 Å². The first kappa shape index (κ1) is 31.2. The molecule has 2 atom stereocenters. The summed E-state index contributed by atoms with van der Waals surface area (Å²) in [4.78, 5) is 38.8. The van der Waals surface area contributed by atoms with Gasteiger partial charge in [0.1, 0.15) is 5.75 Å². The van der Waals surface area contributed by atoms with E-state index in [1.807, 2.05) is 57.2 Å². The van der Waals surface area contributed by atoms with Crippen molar-refractivity contribution >= 4 is 29.3 Å². The molecule has 3 amide bonds. The number of methoxy groups -OCH3 is 1. The molecular formula is C32H39N3O6. The summed E-state index contributed by atoms with van der Waals surface area (Å²) in [5.74, 6) is -1.30. The van der Waals surface area contributed by atoms with Crippen molar-refractivity contribution in [1.29, 1.82) is 0 Å². The topological polar surface area (TPSA) is 126 Å². The smallest absolute Gasteiger partial charge is 0.328 e. The molecule has 0 aromatic heterocycles. The highest BCUT2D eigenvalue weighted by atomic mass is 16.5. The van der Waals surface area contributed by atoms with Crippen LogP contribution >= 0.6 is 0 Å². The molecule has 0 spiro atoms. The van der Waals surface area contributed by atoms with Crippen molar-refractivity contribution in [3.05, 3.63) is 76.9 Å². The van der Waals surface area contributed by atoms with Gasteiger partial charge in [-0.1, -0.05) is 42.0 Å². The first-order valence-corrected chi connectivity index (χ1v) is 13.3. The summed E-state index contributed by atoms with van der Waals surface area (Å²) in [5, 5.41) is 18.1. The Balaban J connectivity index is 2.00. The van der Waals surface area contributed by atoms with Crippen molar-refractivity contribution in [2.75, 3.05) is 17.7 Å². The van der Waals surface area contributed by atoms with Gasteiger partial charge in [-0.05, 0) is 83.4 Å². The molecule has 4 N–H and O–H groups in total. The van der Waals surface area contributed by atoms with Gasteiger partial charge in [0, 0.05) is 11.3 Å². The van der Waals surface area contributed by atoms with Gasteiger partial charge in [-0.25, -0.2) is 9.59 Å². The number of ether oxygens (including phenoxy) is 2. The normalized spacial score (nSPS) is 12.7. The number of carbonyl (C=O) groups excluding carboxylic acids is 2. The molecule has 0 fully saturated rings. The van der Waals surface area contributed by atoms with Crippen molar-refractivity contribution in [1.82, 2.24) is 5.32 Å². The lowest BCUT2D eigenvalue weighted by Gasteiger charge is -2.29. The van der Waals surface area contributed by atoms with E-state index in [4.69, 9.17) is 9.47 Å². The van der Waals surface area contributed by atoms with Crippen molar-refractivity contribution in [3.8, 4) is 16.9 Å². The molecule has 1 unspecified atom stereocenters. The number of amides is 3. The summed E-state index contributed by atoms with van der Waals surface area (Å²) in [7, 11) is 1.56. The monoisotopic (exact) mass is 561 g/mol. The predicted molar refractivity (Wildman–Crippen MR) is 161 cm³/mol. The predicted octanol–water partition coefficient (Wildman–Crippen LogP) is 6.32. The molecule has 0 aliphatic heterocycles. The van der Waals surface area contributed by atoms with Crippen LogP contribution in [0.5, 0.6) is 5.75 Å². The van der Waals surface area contributed by atoms with Gasteiger partial charge in [0.15, 0.2) is 6.04 Å². The molecule has 0 aliphatic rings. The fourth-order valence-electron chi connectivity index (χ4n) is 4.77. The largest absolute Gasteiger partial charge is 0.496 e. The summed E-state index contributed by atoms with van der Waals surface area (Å²) < 4.78 is 11.3. The summed E-state index contributed by atoms with van der Waals surface area (Å²) in [6, 6.07) is 14.4. The number of hydrogen-bond acceptors (Lipinski definition) is 5. The molecular weight excluding hydrogens is 522 g/mol. The summed E-state index contributed by atoms with van der Waals surface area (Å²) in [6.07, 6.45) is -0.823. The van der Waals surface area contributed by atoms with Gasteiger partial charge in [-0.2, -0.15) is 0 Å². The highest BCUT2D eigenvalue weighted by Gasteiger charge is 2.31. The van der Waals surface area contributed by atoms with Gasteiger partial charge in [0.2, 0.25) is 0 Å². The molecule has 0 saturated carbocycles. The number of aryl methyl sites for hydroxylation is 3. The van der Waals surface area contributed by atoms with Crippen LogP contribution in [0.4, 0.5) is 16.2 Å². The van der Waals surface area contributed by atoms with Crippen LogP contribution < -0.4 is 20.7 Å². The third kappa shape index (κ3) is 8.08. The van der Waals surface area contributed by atoms with Crippen LogP contribution in [0.3, 0.4) is 0 Å². The Bertz CT molecular complexity index is 1420. The third-order valence-corrected chi connectivity index (χ3v) is 6.41. The molecule has 0 bridgehead atoms. The molecule has 9 heteroatoms. The molecule has 0 heterocycles. The summed E-state index contributed by atoms with van der Waals surface area (Å²) >= 11 is 0. The van der Waals surface area contributed by atoms with Gasteiger partial charge >= 0.3 is 12.0 Å².